The molecule has 0 saturated carbocycles. The van der Waals surface area contributed by atoms with E-state index in [1.54, 1.807) is 6.08 Å². The number of nitrogens with one attached hydrogen (secondary N) is 3. The number of fused-ring (bicyclic) bond motifs is 1. The smallest absolute Gasteiger partial charge is 0.248 e. The molecule has 41 heavy (non-hydrogen) atoms. The summed E-state index contributed by atoms with van der Waals surface area (Å²) in [6.45, 7) is 5.70. The van der Waals surface area contributed by atoms with Crippen LogP contribution in [0.3, 0.4) is 0 Å². The largest absolute Gasteiger partial charge is 0.491 e. The van der Waals surface area contributed by atoms with Gasteiger partial charge in [-0.05, 0) is 50.1 Å². The number of morpholine rings is 1. The zero-order valence-electron chi connectivity index (χ0n) is 23.0. The number of ether oxygens (including phenoxy) is 2. The summed E-state index contributed by atoms with van der Waals surface area (Å²) in [5, 5.41) is 20.2. The first-order valence-corrected chi connectivity index (χ1v) is 14.0. The van der Waals surface area contributed by atoms with Gasteiger partial charge in [-0.15, -0.1) is 6.42 Å². The van der Waals surface area contributed by atoms with Crippen LogP contribution in [0.25, 0.3) is 10.9 Å². The molecular weight excluding hydrogens is 516 g/mol. The molecule has 1 atom stereocenters. The molecule has 1 amide bonds. The molecule has 1 unspecified atom stereocenters. The van der Waals surface area contributed by atoms with Gasteiger partial charge in [-0.2, -0.15) is 5.26 Å². The van der Waals surface area contributed by atoms with Crippen molar-refractivity contribution in [2.24, 2.45) is 0 Å². The Morgan fingerprint density at radius 1 is 1.29 bits per heavy atom. The summed E-state index contributed by atoms with van der Waals surface area (Å²) < 4.78 is 11.6. The molecule has 9 nitrogen and oxygen atoms in total. The predicted molar refractivity (Wildman–Crippen MR) is 160 cm³/mol. The van der Waals surface area contributed by atoms with Crippen molar-refractivity contribution in [2.75, 3.05) is 56.6 Å². The van der Waals surface area contributed by atoms with E-state index in [4.69, 9.17) is 15.9 Å². The quantitative estimate of drug-likeness (QED) is 0.196. The molecule has 0 spiro atoms. The second-order valence-corrected chi connectivity index (χ2v) is 10.1. The summed E-state index contributed by atoms with van der Waals surface area (Å²) in [4.78, 5) is 19.8. The van der Waals surface area contributed by atoms with E-state index in [-0.39, 0.29) is 11.9 Å². The zero-order chi connectivity index (χ0) is 28.4. The van der Waals surface area contributed by atoms with Crippen molar-refractivity contribution in [3.8, 4) is 24.2 Å². The number of aromatic nitrogens is 1. The Kier molecular flexibility index (Phi) is 9.45. The molecule has 2 aliphatic rings. The molecule has 1 aromatic heterocycles. The van der Waals surface area contributed by atoms with Crippen LogP contribution in [-0.4, -0.2) is 67.8 Å². The number of rotatable bonds is 10. The highest BCUT2D eigenvalue weighted by Gasteiger charge is 2.17. The summed E-state index contributed by atoms with van der Waals surface area (Å²) in [5.74, 6) is 2.91. The first kappa shape index (κ1) is 28.1. The molecule has 5 rings (SSSR count). The summed E-state index contributed by atoms with van der Waals surface area (Å²) in [5.41, 5.74) is 3.54. The lowest BCUT2D eigenvalue weighted by Gasteiger charge is -2.26. The number of carbonyl (C=O) groups excluding carboxylic acids is 1. The van der Waals surface area contributed by atoms with Crippen molar-refractivity contribution in [1.29, 1.82) is 5.26 Å². The highest BCUT2D eigenvalue weighted by Crippen LogP contribution is 2.36. The third-order valence-corrected chi connectivity index (χ3v) is 7.20. The van der Waals surface area contributed by atoms with Crippen molar-refractivity contribution in [3.63, 3.8) is 0 Å². The molecule has 0 aliphatic carbocycles. The van der Waals surface area contributed by atoms with Crippen LogP contribution < -0.4 is 20.7 Å². The average Bonchev–Trinajstić information content (AvgIpc) is 3.53. The van der Waals surface area contributed by atoms with Gasteiger partial charge in [-0.1, -0.05) is 18.1 Å². The maximum Gasteiger partial charge on any atom is 0.248 e. The fraction of sp³-hybridized carbons (Fsp3) is 0.344. The third kappa shape index (κ3) is 7.41. The number of nitriles is 1. The van der Waals surface area contributed by atoms with Gasteiger partial charge >= 0.3 is 0 Å². The minimum absolute atomic E-state index is 0.199. The number of anilines is 3. The number of nitrogens with zero attached hydrogens (tertiary/aromatic N) is 3. The van der Waals surface area contributed by atoms with Crippen LogP contribution in [0.2, 0.25) is 0 Å². The summed E-state index contributed by atoms with van der Waals surface area (Å²) in [6.07, 6.45) is 13.5. The van der Waals surface area contributed by atoms with Crippen LogP contribution >= 0.6 is 0 Å². The van der Waals surface area contributed by atoms with Gasteiger partial charge in [0, 0.05) is 60.7 Å². The van der Waals surface area contributed by atoms with E-state index in [0.29, 0.717) is 40.2 Å². The molecule has 0 bridgehead atoms. The molecule has 2 aliphatic heterocycles. The normalized spacial score (nSPS) is 17.3. The Morgan fingerprint density at radius 3 is 2.95 bits per heavy atom. The molecule has 3 aromatic rings. The molecule has 2 saturated heterocycles. The Labute approximate surface area is 240 Å². The first-order valence-electron chi connectivity index (χ1n) is 14.0. The molecule has 3 heterocycles. The summed E-state index contributed by atoms with van der Waals surface area (Å²) in [7, 11) is 0. The van der Waals surface area contributed by atoms with Gasteiger partial charge in [-0.25, -0.2) is 0 Å². The molecule has 3 N–H and O–H groups in total. The lowest BCUT2D eigenvalue weighted by Crippen LogP contribution is -2.37. The first-order chi connectivity index (χ1) is 20.1. The lowest BCUT2D eigenvalue weighted by molar-refractivity contribution is -0.111. The number of carbonyl (C=O) groups is 1. The van der Waals surface area contributed by atoms with Crippen molar-refractivity contribution < 1.29 is 14.3 Å². The Balaban J connectivity index is 1.43. The number of hydrogen-bond donors (Lipinski definition) is 3. The van der Waals surface area contributed by atoms with Crippen molar-refractivity contribution in [1.82, 2.24) is 15.2 Å². The molecule has 9 heteroatoms. The standard InChI is InChI=1S/C32H34N6O3/c1-2-23-6-3-7-26(18-23)36-32-24(21-33)22-35-28-20-30(41-15-5-12-38-13-16-40-17-14-38)29(19-27(28)32)37-31(39)10-9-25-8-4-11-34-25/h1,3,6-7,9-10,18-20,22,25,34H,4-5,8,11-17H2,(H,35,36)(H,37,39)/b10-9+. The second-order valence-electron chi connectivity index (χ2n) is 10.1. The predicted octanol–water partition coefficient (Wildman–Crippen LogP) is 4.18. The fourth-order valence-electron chi connectivity index (χ4n) is 5.04. The van der Waals surface area contributed by atoms with Crippen LogP contribution in [0.4, 0.5) is 17.1 Å². The molecular formula is C32H34N6O3. The van der Waals surface area contributed by atoms with Crippen LogP contribution in [-0.2, 0) is 9.53 Å². The maximum absolute atomic E-state index is 13.0. The molecule has 210 valence electrons. The number of pyridine rings is 1. The van der Waals surface area contributed by atoms with Crippen LogP contribution in [0.1, 0.15) is 30.4 Å². The van der Waals surface area contributed by atoms with Gasteiger partial charge in [0.1, 0.15) is 11.8 Å². The van der Waals surface area contributed by atoms with Crippen molar-refractivity contribution in [2.45, 2.75) is 25.3 Å². The van der Waals surface area contributed by atoms with Crippen molar-refractivity contribution in [3.05, 3.63) is 65.9 Å². The third-order valence-electron chi connectivity index (χ3n) is 7.20. The average molecular weight is 551 g/mol. The highest BCUT2D eigenvalue weighted by atomic mass is 16.5. The van der Waals surface area contributed by atoms with Gasteiger partial charge in [0.25, 0.3) is 0 Å². The SMILES string of the molecule is C#Cc1cccc(Nc2c(C#N)cnc3cc(OCCCN4CCOCC4)c(NC(=O)/C=C/C4CCCN4)cc23)c1. The topological polar surface area (TPSA) is 112 Å². The van der Waals surface area contributed by atoms with Gasteiger partial charge < -0.3 is 25.4 Å². The lowest BCUT2D eigenvalue weighted by atomic mass is 10.1. The minimum Gasteiger partial charge on any atom is -0.491 e. The van der Waals surface area contributed by atoms with Crippen molar-refractivity contribution >= 4 is 33.9 Å². The van der Waals surface area contributed by atoms with Gasteiger partial charge in [-0.3, -0.25) is 14.7 Å². The van der Waals surface area contributed by atoms with Crippen LogP contribution in [0.5, 0.6) is 5.75 Å². The Bertz CT molecular complexity index is 1490. The van der Waals surface area contributed by atoms with Gasteiger partial charge in [0.15, 0.2) is 0 Å². The van der Waals surface area contributed by atoms with Gasteiger partial charge in [0.2, 0.25) is 5.91 Å². The summed E-state index contributed by atoms with van der Waals surface area (Å²) in [6, 6.07) is 13.5. The highest BCUT2D eigenvalue weighted by molar-refractivity contribution is 6.05. The van der Waals surface area contributed by atoms with E-state index in [9.17, 15) is 10.1 Å². The number of benzene rings is 2. The Hall–Kier alpha value is -4.41. The van der Waals surface area contributed by atoms with E-state index in [1.807, 2.05) is 42.5 Å². The van der Waals surface area contributed by atoms with E-state index in [0.717, 1.165) is 69.9 Å². The van der Waals surface area contributed by atoms with Crippen LogP contribution in [0, 0.1) is 23.7 Å². The van der Waals surface area contributed by atoms with E-state index < -0.39 is 0 Å². The van der Waals surface area contributed by atoms with E-state index in [1.165, 1.54) is 6.20 Å². The number of amides is 1. The fourth-order valence-corrected chi connectivity index (χ4v) is 5.04. The molecule has 2 aromatic carbocycles. The molecule has 2 fully saturated rings. The van der Waals surface area contributed by atoms with Crippen LogP contribution in [0.15, 0.2) is 54.7 Å². The number of hydrogen-bond acceptors (Lipinski definition) is 8. The minimum atomic E-state index is -0.253. The zero-order valence-corrected chi connectivity index (χ0v) is 23.0. The monoisotopic (exact) mass is 550 g/mol. The second kappa shape index (κ2) is 13.8. The van der Waals surface area contributed by atoms with E-state index in [2.05, 4.69) is 37.8 Å². The molecule has 0 radical (unpaired) electrons. The van der Waals surface area contributed by atoms with Gasteiger partial charge in [0.05, 0.1) is 42.3 Å². The number of terminal acetylenes is 1. The van der Waals surface area contributed by atoms with E-state index >= 15 is 0 Å². The maximum atomic E-state index is 13.0. The Morgan fingerprint density at radius 2 is 2.17 bits per heavy atom. The summed E-state index contributed by atoms with van der Waals surface area (Å²) >= 11 is 0.